The van der Waals surface area contributed by atoms with E-state index in [4.69, 9.17) is 5.11 Å². The molecule has 3 nitrogen and oxygen atoms in total. The normalized spacial score (nSPS) is 13.2. The maximum atomic E-state index is 11.0. The van der Waals surface area contributed by atoms with E-state index in [1.54, 1.807) is 0 Å². The maximum Gasteiger partial charge on any atom is 0.303 e. The van der Waals surface area contributed by atoms with Gasteiger partial charge in [0.1, 0.15) is 0 Å². The molecule has 1 unspecified atom stereocenters. The summed E-state index contributed by atoms with van der Waals surface area (Å²) < 4.78 is 0. The van der Waals surface area contributed by atoms with E-state index in [1.165, 1.54) is 0 Å². The quantitative estimate of drug-likeness (QED) is 0.889. The molecular weight excluding hydrogens is 226 g/mol. The van der Waals surface area contributed by atoms with Gasteiger partial charge in [0.15, 0.2) is 0 Å². The largest absolute Gasteiger partial charge is 0.481 e. The van der Waals surface area contributed by atoms with Crippen molar-refractivity contribution in [3.63, 3.8) is 0 Å². The van der Waals surface area contributed by atoms with Gasteiger partial charge in [-0.25, -0.2) is 0 Å². The first-order valence-electron chi connectivity index (χ1n) is 6.21. The molecule has 18 heavy (non-hydrogen) atoms. The summed E-state index contributed by atoms with van der Waals surface area (Å²) >= 11 is 0. The van der Waals surface area contributed by atoms with Gasteiger partial charge in [0.25, 0.3) is 0 Å². The van der Waals surface area contributed by atoms with E-state index in [1.807, 2.05) is 43.3 Å². The molecule has 0 saturated carbocycles. The lowest BCUT2D eigenvalue weighted by atomic mass is 9.74. The van der Waals surface area contributed by atoms with Gasteiger partial charge in [0.05, 0.1) is 6.42 Å². The van der Waals surface area contributed by atoms with Gasteiger partial charge in [-0.15, -0.1) is 0 Å². The lowest BCUT2D eigenvalue weighted by molar-refractivity contribution is -0.138. The SMILES string of the molecule is CN(C)c1ccc(C(CC(=O)O)C(C)(C)C)cc1. The van der Waals surface area contributed by atoms with E-state index in [9.17, 15) is 4.79 Å². The number of carboxylic acid groups (broad SMARTS) is 1. The van der Waals surface area contributed by atoms with Gasteiger partial charge in [-0.1, -0.05) is 32.9 Å². The van der Waals surface area contributed by atoms with Gasteiger partial charge in [0, 0.05) is 19.8 Å². The minimum absolute atomic E-state index is 0.0335. The molecule has 1 atom stereocenters. The van der Waals surface area contributed by atoms with Crippen molar-refractivity contribution in [1.82, 2.24) is 0 Å². The number of nitrogens with zero attached hydrogens (tertiary/aromatic N) is 1. The summed E-state index contributed by atoms with van der Waals surface area (Å²) in [6, 6.07) is 8.15. The van der Waals surface area contributed by atoms with Crippen LogP contribution in [0.25, 0.3) is 0 Å². The second-order valence-electron chi connectivity index (χ2n) is 6.00. The molecule has 0 aliphatic rings. The van der Waals surface area contributed by atoms with Gasteiger partial charge in [-0.2, -0.15) is 0 Å². The van der Waals surface area contributed by atoms with Crippen molar-refractivity contribution in [2.75, 3.05) is 19.0 Å². The van der Waals surface area contributed by atoms with Crippen molar-refractivity contribution < 1.29 is 9.90 Å². The molecule has 0 aromatic heterocycles. The van der Waals surface area contributed by atoms with Crippen molar-refractivity contribution in [3.05, 3.63) is 29.8 Å². The molecule has 1 aromatic carbocycles. The Morgan fingerprint density at radius 2 is 1.72 bits per heavy atom. The van der Waals surface area contributed by atoms with Crippen LogP contribution < -0.4 is 4.90 Å². The van der Waals surface area contributed by atoms with Crippen LogP contribution >= 0.6 is 0 Å². The maximum absolute atomic E-state index is 11.0. The molecule has 0 spiro atoms. The summed E-state index contributed by atoms with van der Waals surface area (Å²) in [5, 5.41) is 9.04. The molecule has 100 valence electrons. The Labute approximate surface area is 109 Å². The zero-order valence-corrected chi connectivity index (χ0v) is 11.9. The first-order valence-corrected chi connectivity index (χ1v) is 6.21. The van der Waals surface area contributed by atoms with Crippen LogP contribution in [0.1, 0.15) is 38.7 Å². The third-order valence-corrected chi connectivity index (χ3v) is 3.24. The lowest BCUT2D eigenvalue weighted by Gasteiger charge is -2.30. The summed E-state index contributed by atoms with van der Waals surface area (Å²) in [6.07, 6.45) is 0.171. The second kappa shape index (κ2) is 5.42. The Hall–Kier alpha value is -1.51. The Kier molecular flexibility index (Phi) is 4.38. The lowest BCUT2D eigenvalue weighted by Crippen LogP contribution is -2.21. The smallest absolute Gasteiger partial charge is 0.303 e. The Morgan fingerprint density at radius 1 is 1.22 bits per heavy atom. The van der Waals surface area contributed by atoms with E-state index >= 15 is 0 Å². The number of anilines is 1. The van der Waals surface area contributed by atoms with Crippen molar-refractivity contribution >= 4 is 11.7 Å². The van der Waals surface area contributed by atoms with Crippen LogP contribution in [0.15, 0.2) is 24.3 Å². The third-order valence-electron chi connectivity index (χ3n) is 3.24. The Morgan fingerprint density at radius 3 is 2.06 bits per heavy atom. The number of carbonyl (C=O) groups is 1. The van der Waals surface area contributed by atoms with Crippen molar-refractivity contribution in [3.8, 4) is 0 Å². The summed E-state index contributed by atoms with van der Waals surface area (Å²) in [5.74, 6) is -0.710. The molecule has 1 N–H and O–H groups in total. The molecule has 0 amide bonds. The van der Waals surface area contributed by atoms with Gasteiger partial charge in [-0.3, -0.25) is 4.79 Å². The van der Waals surface area contributed by atoms with E-state index < -0.39 is 5.97 Å². The predicted molar refractivity (Wildman–Crippen MR) is 75.2 cm³/mol. The van der Waals surface area contributed by atoms with Crippen molar-refractivity contribution in [2.45, 2.75) is 33.1 Å². The highest BCUT2D eigenvalue weighted by molar-refractivity contribution is 5.68. The molecule has 0 saturated heterocycles. The fourth-order valence-electron chi connectivity index (χ4n) is 2.10. The van der Waals surface area contributed by atoms with E-state index in [2.05, 4.69) is 20.8 Å². The number of benzene rings is 1. The average molecular weight is 249 g/mol. The molecule has 0 heterocycles. The molecule has 3 heteroatoms. The number of hydrogen-bond donors (Lipinski definition) is 1. The molecule has 1 rings (SSSR count). The van der Waals surface area contributed by atoms with Crippen LogP contribution in [-0.2, 0) is 4.79 Å². The predicted octanol–water partition coefficient (Wildman–Crippen LogP) is 3.36. The van der Waals surface area contributed by atoms with Gasteiger partial charge in [0.2, 0.25) is 0 Å². The highest BCUT2D eigenvalue weighted by Gasteiger charge is 2.28. The first kappa shape index (κ1) is 14.6. The fraction of sp³-hybridized carbons (Fsp3) is 0.533. The number of aliphatic carboxylic acids is 1. The molecule has 0 aliphatic carbocycles. The summed E-state index contributed by atoms with van der Waals surface area (Å²) in [5.41, 5.74) is 2.16. The molecule has 1 aromatic rings. The minimum Gasteiger partial charge on any atom is -0.481 e. The van der Waals surface area contributed by atoms with E-state index in [-0.39, 0.29) is 17.8 Å². The van der Waals surface area contributed by atoms with Crippen molar-refractivity contribution in [1.29, 1.82) is 0 Å². The summed E-state index contributed by atoms with van der Waals surface area (Å²) in [7, 11) is 3.99. The highest BCUT2D eigenvalue weighted by Crippen LogP contribution is 2.38. The topological polar surface area (TPSA) is 40.5 Å². The van der Waals surface area contributed by atoms with Gasteiger partial charge >= 0.3 is 5.97 Å². The van der Waals surface area contributed by atoms with Crippen LogP contribution in [-0.4, -0.2) is 25.2 Å². The molecular formula is C15H23NO2. The summed E-state index contributed by atoms with van der Waals surface area (Å²) in [6.45, 7) is 6.25. The molecule has 0 fully saturated rings. The molecule has 0 radical (unpaired) electrons. The van der Waals surface area contributed by atoms with Crippen LogP contribution in [0.5, 0.6) is 0 Å². The van der Waals surface area contributed by atoms with E-state index in [0.717, 1.165) is 11.3 Å². The van der Waals surface area contributed by atoms with Crippen LogP contribution in [0, 0.1) is 5.41 Å². The number of hydrogen-bond acceptors (Lipinski definition) is 2. The van der Waals surface area contributed by atoms with Crippen LogP contribution in [0.3, 0.4) is 0 Å². The molecule has 0 bridgehead atoms. The summed E-state index contributed by atoms with van der Waals surface area (Å²) in [4.78, 5) is 13.0. The second-order valence-corrected chi connectivity index (χ2v) is 6.00. The van der Waals surface area contributed by atoms with Crippen LogP contribution in [0.4, 0.5) is 5.69 Å². The Bertz CT molecular complexity index is 401. The number of carboxylic acids is 1. The van der Waals surface area contributed by atoms with E-state index in [0.29, 0.717) is 0 Å². The average Bonchev–Trinajstić information content (AvgIpc) is 2.24. The first-order chi connectivity index (χ1) is 8.21. The third kappa shape index (κ3) is 3.76. The molecule has 0 aliphatic heterocycles. The number of rotatable bonds is 4. The fourth-order valence-corrected chi connectivity index (χ4v) is 2.10. The standard InChI is InChI=1S/C15H23NO2/c1-15(2,3)13(10-14(17)18)11-6-8-12(9-7-11)16(4)5/h6-9,13H,10H2,1-5H3,(H,17,18). The zero-order valence-electron chi connectivity index (χ0n) is 11.9. The van der Waals surface area contributed by atoms with Crippen molar-refractivity contribution in [2.24, 2.45) is 5.41 Å². The minimum atomic E-state index is -0.744. The van der Waals surface area contributed by atoms with Gasteiger partial charge < -0.3 is 10.0 Å². The zero-order chi connectivity index (χ0) is 13.9. The highest BCUT2D eigenvalue weighted by atomic mass is 16.4. The Balaban J connectivity index is 3.02. The van der Waals surface area contributed by atoms with Gasteiger partial charge in [-0.05, 0) is 29.0 Å². The van der Waals surface area contributed by atoms with Crippen LogP contribution in [0.2, 0.25) is 0 Å². The monoisotopic (exact) mass is 249 g/mol.